The maximum Gasteiger partial charge on any atom is 0.340 e. The summed E-state index contributed by atoms with van der Waals surface area (Å²) in [6.45, 7) is 8.24. The third-order valence-electron chi connectivity index (χ3n) is 3.81. The minimum atomic E-state index is -0.335. The number of nitrogens with zero attached hydrogens (tertiary/aromatic N) is 2. The number of ether oxygens (including phenoxy) is 1. The molecule has 1 aliphatic rings. The van der Waals surface area contributed by atoms with Crippen LogP contribution in [-0.4, -0.2) is 50.2 Å². The maximum atomic E-state index is 11.9. The molecule has 0 atom stereocenters. The van der Waals surface area contributed by atoms with Crippen LogP contribution in [0.1, 0.15) is 24.2 Å². The van der Waals surface area contributed by atoms with Gasteiger partial charge >= 0.3 is 5.97 Å². The van der Waals surface area contributed by atoms with Gasteiger partial charge in [-0.25, -0.2) is 4.79 Å². The SMILES string of the molecule is COC(=O)c1cc(N)ccc1N1CCN(C(C)C)CC1. The molecule has 1 fully saturated rings. The molecule has 0 unspecified atom stereocenters. The molecule has 1 aliphatic heterocycles. The highest BCUT2D eigenvalue weighted by atomic mass is 16.5. The molecule has 0 amide bonds. The van der Waals surface area contributed by atoms with Gasteiger partial charge in [0.15, 0.2) is 0 Å². The highest BCUT2D eigenvalue weighted by molar-refractivity contribution is 5.97. The third-order valence-corrected chi connectivity index (χ3v) is 3.81. The summed E-state index contributed by atoms with van der Waals surface area (Å²) in [7, 11) is 1.39. The standard InChI is InChI=1S/C15H23N3O2/c1-11(2)17-6-8-18(9-7-17)14-5-4-12(16)10-13(14)15(19)20-3/h4-5,10-11H,6-9,16H2,1-3H3. The molecular weight excluding hydrogens is 254 g/mol. The van der Waals surface area contributed by atoms with Crippen LogP contribution in [0.5, 0.6) is 0 Å². The molecule has 110 valence electrons. The van der Waals surface area contributed by atoms with Gasteiger partial charge in [0.2, 0.25) is 0 Å². The highest BCUT2D eigenvalue weighted by Gasteiger charge is 2.23. The van der Waals surface area contributed by atoms with E-state index in [1.165, 1.54) is 7.11 Å². The van der Waals surface area contributed by atoms with E-state index in [4.69, 9.17) is 10.5 Å². The van der Waals surface area contributed by atoms with Gasteiger partial charge in [-0.2, -0.15) is 0 Å². The van der Waals surface area contributed by atoms with Gasteiger partial charge < -0.3 is 15.4 Å². The van der Waals surface area contributed by atoms with Crippen LogP contribution in [0.4, 0.5) is 11.4 Å². The molecular formula is C15H23N3O2. The van der Waals surface area contributed by atoms with Gasteiger partial charge in [-0.3, -0.25) is 4.90 Å². The summed E-state index contributed by atoms with van der Waals surface area (Å²) in [6.07, 6.45) is 0. The number of carbonyl (C=O) groups excluding carboxylic acids is 1. The van der Waals surface area contributed by atoms with Crippen molar-refractivity contribution in [2.45, 2.75) is 19.9 Å². The van der Waals surface area contributed by atoms with E-state index in [1.807, 2.05) is 12.1 Å². The minimum Gasteiger partial charge on any atom is -0.465 e. The zero-order chi connectivity index (χ0) is 14.7. The van der Waals surface area contributed by atoms with Crippen LogP contribution >= 0.6 is 0 Å². The number of hydrogen-bond donors (Lipinski definition) is 1. The van der Waals surface area contributed by atoms with Gasteiger partial charge in [0, 0.05) is 37.9 Å². The molecule has 2 N–H and O–H groups in total. The van der Waals surface area contributed by atoms with Crippen LogP contribution in [-0.2, 0) is 4.74 Å². The van der Waals surface area contributed by atoms with Crippen molar-refractivity contribution in [1.29, 1.82) is 0 Å². The summed E-state index contributed by atoms with van der Waals surface area (Å²) in [5.74, 6) is -0.335. The monoisotopic (exact) mass is 277 g/mol. The van der Waals surface area contributed by atoms with Crippen LogP contribution in [0.15, 0.2) is 18.2 Å². The van der Waals surface area contributed by atoms with Crippen LogP contribution < -0.4 is 10.6 Å². The second-order valence-corrected chi connectivity index (χ2v) is 5.38. The molecule has 20 heavy (non-hydrogen) atoms. The van der Waals surface area contributed by atoms with Gasteiger partial charge in [0.1, 0.15) is 0 Å². The van der Waals surface area contributed by atoms with Crippen molar-refractivity contribution in [2.75, 3.05) is 43.9 Å². The lowest BCUT2D eigenvalue weighted by Crippen LogP contribution is -2.49. The van der Waals surface area contributed by atoms with Crippen molar-refractivity contribution >= 4 is 17.3 Å². The minimum absolute atomic E-state index is 0.335. The lowest BCUT2D eigenvalue weighted by Gasteiger charge is -2.38. The van der Waals surface area contributed by atoms with Gasteiger partial charge in [-0.15, -0.1) is 0 Å². The molecule has 0 spiro atoms. The van der Waals surface area contributed by atoms with E-state index in [0.717, 1.165) is 31.9 Å². The lowest BCUT2D eigenvalue weighted by molar-refractivity contribution is 0.0601. The molecule has 1 heterocycles. The van der Waals surface area contributed by atoms with E-state index < -0.39 is 0 Å². The summed E-state index contributed by atoms with van der Waals surface area (Å²) in [5, 5.41) is 0. The maximum absolute atomic E-state index is 11.9. The number of nitrogen functional groups attached to an aromatic ring is 1. The van der Waals surface area contributed by atoms with E-state index >= 15 is 0 Å². The molecule has 2 rings (SSSR count). The average molecular weight is 277 g/mol. The number of hydrogen-bond acceptors (Lipinski definition) is 5. The number of rotatable bonds is 3. The fourth-order valence-electron chi connectivity index (χ4n) is 2.58. The summed E-state index contributed by atoms with van der Waals surface area (Å²) in [5.41, 5.74) is 7.81. The smallest absolute Gasteiger partial charge is 0.340 e. The first-order chi connectivity index (χ1) is 9.52. The first-order valence-electron chi connectivity index (χ1n) is 6.99. The Kier molecular flexibility index (Phi) is 4.49. The quantitative estimate of drug-likeness (QED) is 0.671. The van der Waals surface area contributed by atoms with E-state index in [2.05, 4.69) is 23.6 Å². The van der Waals surface area contributed by atoms with E-state index in [-0.39, 0.29) is 5.97 Å². The fraction of sp³-hybridized carbons (Fsp3) is 0.533. The Morgan fingerprint density at radius 2 is 1.90 bits per heavy atom. The largest absolute Gasteiger partial charge is 0.465 e. The number of carbonyl (C=O) groups is 1. The van der Waals surface area contributed by atoms with Gasteiger partial charge in [-0.05, 0) is 32.0 Å². The summed E-state index contributed by atoms with van der Waals surface area (Å²) >= 11 is 0. The average Bonchev–Trinajstić information content (AvgIpc) is 2.46. The van der Waals surface area contributed by atoms with E-state index in [0.29, 0.717) is 17.3 Å². The van der Waals surface area contributed by atoms with Crippen LogP contribution in [0.25, 0.3) is 0 Å². The molecule has 1 saturated heterocycles. The number of esters is 1. The van der Waals surface area contributed by atoms with Crippen molar-refractivity contribution < 1.29 is 9.53 Å². The Hall–Kier alpha value is -1.75. The zero-order valence-electron chi connectivity index (χ0n) is 12.4. The van der Waals surface area contributed by atoms with Crippen molar-refractivity contribution in [3.05, 3.63) is 23.8 Å². The normalized spacial score (nSPS) is 16.5. The Morgan fingerprint density at radius 3 is 2.45 bits per heavy atom. The molecule has 0 aromatic heterocycles. The van der Waals surface area contributed by atoms with E-state index in [9.17, 15) is 4.79 Å². The number of nitrogens with two attached hydrogens (primary N) is 1. The van der Waals surface area contributed by atoms with Crippen molar-refractivity contribution in [1.82, 2.24) is 4.90 Å². The zero-order valence-corrected chi connectivity index (χ0v) is 12.4. The van der Waals surface area contributed by atoms with Crippen molar-refractivity contribution in [3.63, 3.8) is 0 Å². The van der Waals surface area contributed by atoms with Gasteiger partial charge in [0.05, 0.1) is 18.4 Å². The first kappa shape index (κ1) is 14.7. The molecule has 5 heteroatoms. The molecule has 1 aromatic carbocycles. The predicted octanol–water partition coefficient (Wildman–Crippen LogP) is 1.59. The first-order valence-corrected chi connectivity index (χ1v) is 6.99. The second kappa shape index (κ2) is 6.13. The topological polar surface area (TPSA) is 58.8 Å². The Balaban J connectivity index is 2.19. The van der Waals surface area contributed by atoms with Crippen LogP contribution in [0, 0.1) is 0 Å². The Morgan fingerprint density at radius 1 is 1.25 bits per heavy atom. The summed E-state index contributed by atoms with van der Waals surface area (Å²) in [6, 6.07) is 5.99. The van der Waals surface area contributed by atoms with Crippen molar-refractivity contribution in [3.8, 4) is 0 Å². The predicted molar refractivity (Wildman–Crippen MR) is 81.1 cm³/mol. The number of piperazine rings is 1. The third kappa shape index (κ3) is 3.04. The molecule has 0 aliphatic carbocycles. The summed E-state index contributed by atoms with van der Waals surface area (Å²) < 4.78 is 4.85. The van der Waals surface area contributed by atoms with Crippen LogP contribution in [0.3, 0.4) is 0 Å². The van der Waals surface area contributed by atoms with Gasteiger partial charge in [-0.1, -0.05) is 0 Å². The summed E-state index contributed by atoms with van der Waals surface area (Å²) in [4.78, 5) is 16.5. The molecule has 5 nitrogen and oxygen atoms in total. The van der Waals surface area contributed by atoms with E-state index in [1.54, 1.807) is 6.07 Å². The lowest BCUT2D eigenvalue weighted by atomic mass is 10.1. The Bertz CT molecular complexity index is 480. The highest BCUT2D eigenvalue weighted by Crippen LogP contribution is 2.25. The number of methoxy groups -OCH3 is 1. The number of benzene rings is 1. The van der Waals surface area contributed by atoms with Gasteiger partial charge in [0.25, 0.3) is 0 Å². The molecule has 0 saturated carbocycles. The van der Waals surface area contributed by atoms with Crippen molar-refractivity contribution in [2.24, 2.45) is 0 Å². The Labute approximate surface area is 120 Å². The molecule has 1 aromatic rings. The molecule has 0 bridgehead atoms. The molecule has 0 radical (unpaired) electrons. The number of anilines is 2. The fourth-order valence-corrected chi connectivity index (χ4v) is 2.58. The van der Waals surface area contributed by atoms with Crippen LogP contribution in [0.2, 0.25) is 0 Å². The second-order valence-electron chi connectivity index (χ2n) is 5.38.